The molecule has 0 fully saturated rings. The van der Waals surface area contributed by atoms with Crippen molar-refractivity contribution in [1.82, 2.24) is 0 Å². The number of hydrogen-bond donors (Lipinski definition) is 0. The molecule has 3 nitrogen and oxygen atoms in total. The zero-order chi connectivity index (χ0) is 11.8. The molecule has 0 spiro atoms. The monoisotopic (exact) mass is 251 g/mol. The third-order valence-electron chi connectivity index (χ3n) is 2.22. The van der Waals surface area contributed by atoms with Crippen LogP contribution in [0.1, 0.15) is 5.56 Å². The largest absolute Gasteiger partial charge is 0.261 e. The maximum Gasteiger partial charge on any atom is 0.261 e. The second kappa shape index (κ2) is 3.78. The maximum atomic E-state index is 11.1. The van der Waals surface area contributed by atoms with Gasteiger partial charge in [-0.25, -0.2) is 8.42 Å². The van der Waals surface area contributed by atoms with Gasteiger partial charge < -0.3 is 0 Å². The van der Waals surface area contributed by atoms with Crippen molar-refractivity contribution in [3.8, 4) is 6.07 Å². The number of rotatable bonds is 1. The van der Waals surface area contributed by atoms with Crippen molar-refractivity contribution in [3.05, 3.63) is 42.0 Å². The fourth-order valence-electron chi connectivity index (χ4n) is 1.45. The van der Waals surface area contributed by atoms with E-state index in [1.165, 1.54) is 12.1 Å². The Morgan fingerprint density at radius 3 is 2.31 bits per heavy atom. The predicted molar refractivity (Wildman–Crippen MR) is 61.7 cm³/mol. The van der Waals surface area contributed by atoms with Crippen molar-refractivity contribution in [2.75, 3.05) is 0 Å². The molecule has 0 aliphatic rings. The summed E-state index contributed by atoms with van der Waals surface area (Å²) in [5.41, 5.74) is 0.536. The average Bonchev–Trinajstić information content (AvgIpc) is 2.26. The van der Waals surface area contributed by atoms with Crippen molar-refractivity contribution >= 4 is 30.5 Å². The van der Waals surface area contributed by atoms with E-state index in [0.717, 1.165) is 10.8 Å². The summed E-state index contributed by atoms with van der Waals surface area (Å²) in [4.78, 5) is 0.0615. The molecule has 0 saturated heterocycles. The highest BCUT2D eigenvalue weighted by Crippen LogP contribution is 2.22. The van der Waals surface area contributed by atoms with Crippen LogP contribution in [0.3, 0.4) is 0 Å². The fraction of sp³-hybridized carbons (Fsp3) is 0. The highest BCUT2D eigenvalue weighted by molar-refractivity contribution is 8.13. The topological polar surface area (TPSA) is 57.9 Å². The molecule has 0 atom stereocenters. The molecule has 80 valence electrons. The SMILES string of the molecule is N#Cc1ccc2cc(S(=O)(=O)Cl)ccc2c1. The van der Waals surface area contributed by atoms with Crippen molar-refractivity contribution in [2.45, 2.75) is 4.90 Å². The van der Waals surface area contributed by atoms with Crippen LogP contribution in [0.5, 0.6) is 0 Å². The van der Waals surface area contributed by atoms with Crippen LogP contribution in [-0.2, 0) is 9.05 Å². The molecule has 0 N–H and O–H groups in total. The van der Waals surface area contributed by atoms with Gasteiger partial charge in [-0.2, -0.15) is 5.26 Å². The minimum atomic E-state index is -3.70. The van der Waals surface area contributed by atoms with Gasteiger partial charge in [0.2, 0.25) is 0 Å². The van der Waals surface area contributed by atoms with Gasteiger partial charge in [-0.1, -0.05) is 12.1 Å². The molecule has 0 amide bonds. The van der Waals surface area contributed by atoms with Gasteiger partial charge in [-0.05, 0) is 35.0 Å². The van der Waals surface area contributed by atoms with Crippen molar-refractivity contribution in [1.29, 1.82) is 5.26 Å². The van der Waals surface area contributed by atoms with E-state index in [2.05, 4.69) is 0 Å². The lowest BCUT2D eigenvalue weighted by atomic mass is 10.1. The van der Waals surface area contributed by atoms with E-state index in [-0.39, 0.29) is 4.90 Å². The van der Waals surface area contributed by atoms with Crippen LogP contribution in [0.15, 0.2) is 41.3 Å². The van der Waals surface area contributed by atoms with Crippen LogP contribution in [0, 0.1) is 11.3 Å². The van der Waals surface area contributed by atoms with Gasteiger partial charge in [0, 0.05) is 10.7 Å². The molecule has 0 aliphatic heterocycles. The zero-order valence-electron chi connectivity index (χ0n) is 8.01. The first-order valence-corrected chi connectivity index (χ1v) is 6.70. The van der Waals surface area contributed by atoms with Crippen molar-refractivity contribution < 1.29 is 8.42 Å². The highest BCUT2D eigenvalue weighted by Gasteiger charge is 2.10. The van der Waals surface area contributed by atoms with E-state index in [1.54, 1.807) is 24.3 Å². The summed E-state index contributed by atoms with van der Waals surface area (Å²) in [7, 11) is 1.53. The lowest BCUT2D eigenvalue weighted by Crippen LogP contribution is -1.90. The lowest BCUT2D eigenvalue weighted by Gasteiger charge is -2.00. The van der Waals surface area contributed by atoms with Crippen LogP contribution in [-0.4, -0.2) is 8.42 Å². The van der Waals surface area contributed by atoms with Gasteiger partial charge in [-0.3, -0.25) is 0 Å². The Morgan fingerprint density at radius 1 is 1.06 bits per heavy atom. The quantitative estimate of drug-likeness (QED) is 0.732. The molecule has 0 aromatic heterocycles. The lowest BCUT2D eigenvalue weighted by molar-refractivity contribution is 0.609. The van der Waals surface area contributed by atoms with E-state index in [1.807, 2.05) is 6.07 Å². The zero-order valence-corrected chi connectivity index (χ0v) is 9.59. The Hall–Kier alpha value is -1.57. The molecular weight excluding hydrogens is 246 g/mol. The van der Waals surface area contributed by atoms with Crippen LogP contribution in [0.4, 0.5) is 0 Å². The molecular formula is C11H6ClNO2S. The number of halogens is 1. The molecule has 0 aliphatic carbocycles. The Bertz CT molecular complexity index is 701. The molecule has 0 bridgehead atoms. The highest BCUT2D eigenvalue weighted by atomic mass is 35.7. The second-order valence-electron chi connectivity index (χ2n) is 3.27. The smallest absolute Gasteiger partial charge is 0.207 e. The first kappa shape index (κ1) is 10.9. The predicted octanol–water partition coefficient (Wildman–Crippen LogP) is 2.64. The first-order chi connectivity index (χ1) is 7.50. The molecule has 0 radical (unpaired) electrons. The first-order valence-electron chi connectivity index (χ1n) is 4.39. The van der Waals surface area contributed by atoms with E-state index in [0.29, 0.717) is 5.56 Å². The second-order valence-corrected chi connectivity index (χ2v) is 5.84. The molecule has 2 rings (SSSR count). The van der Waals surface area contributed by atoms with Gasteiger partial charge in [0.05, 0.1) is 16.5 Å². The van der Waals surface area contributed by atoms with Gasteiger partial charge in [-0.15, -0.1) is 0 Å². The number of hydrogen-bond acceptors (Lipinski definition) is 3. The Labute approximate surface area is 97.3 Å². The minimum Gasteiger partial charge on any atom is -0.207 e. The molecule has 2 aromatic carbocycles. The van der Waals surface area contributed by atoms with E-state index in [9.17, 15) is 8.42 Å². The number of fused-ring (bicyclic) bond motifs is 1. The molecule has 5 heteroatoms. The molecule has 0 heterocycles. The molecule has 16 heavy (non-hydrogen) atoms. The van der Waals surface area contributed by atoms with Crippen molar-refractivity contribution in [3.63, 3.8) is 0 Å². The van der Waals surface area contributed by atoms with Gasteiger partial charge in [0.15, 0.2) is 0 Å². The van der Waals surface area contributed by atoms with Crippen LogP contribution in [0.2, 0.25) is 0 Å². The summed E-state index contributed by atoms with van der Waals surface area (Å²) in [6, 6.07) is 11.6. The standard InChI is InChI=1S/C11H6ClNO2S/c12-16(14,15)11-4-3-9-5-8(7-13)1-2-10(9)6-11/h1-6H. The van der Waals surface area contributed by atoms with Gasteiger partial charge in [0.25, 0.3) is 9.05 Å². The number of benzene rings is 2. The van der Waals surface area contributed by atoms with Crippen molar-refractivity contribution in [2.24, 2.45) is 0 Å². The third kappa shape index (κ3) is 2.01. The molecule has 2 aromatic rings. The maximum absolute atomic E-state index is 11.1. The molecule has 0 saturated carbocycles. The summed E-state index contributed by atoms with van der Waals surface area (Å²) in [5.74, 6) is 0. The summed E-state index contributed by atoms with van der Waals surface area (Å²) < 4.78 is 22.2. The van der Waals surface area contributed by atoms with Crippen LogP contribution < -0.4 is 0 Å². The van der Waals surface area contributed by atoms with E-state index >= 15 is 0 Å². The Kier molecular flexibility index (Phi) is 2.58. The van der Waals surface area contributed by atoms with Crippen LogP contribution >= 0.6 is 10.7 Å². The van der Waals surface area contributed by atoms with E-state index in [4.69, 9.17) is 15.9 Å². The average molecular weight is 252 g/mol. The van der Waals surface area contributed by atoms with Gasteiger partial charge >= 0.3 is 0 Å². The number of nitriles is 1. The fourth-order valence-corrected chi connectivity index (χ4v) is 2.23. The third-order valence-corrected chi connectivity index (χ3v) is 3.57. The summed E-state index contributed by atoms with van der Waals surface area (Å²) >= 11 is 0. The van der Waals surface area contributed by atoms with Crippen LogP contribution in [0.25, 0.3) is 10.8 Å². The normalized spacial score (nSPS) is 11.2. The summed E-state index contributed by atoms with van der Waals surface area (Å²) in [6.45, 7) is 0. The Morgan fingerprint density at radius 2 is 1.69 bits per heavy atom. The summed E-state index contributed by atoms with van der Waals surface area (Å²) in [5, 5.41) is 10.3. The minimum absolute atomic E-state index is 0.0615. The van der Waals surface area contributed by atoms with Gasteiger partial charge in [0.1, 0.15) is 0 Å². The molecule has 0 unspecified atom stereocenters. The Balaban J connectivity index is 2.71. The number of nitrogens with zero attached hydrogens (tertiary/aromatic N) is 1. The summed E-state index contributed by atoms with van der Waals surface area (Å²) in [6.07, 6.45) is 0. The van der Waals surface area contributed by atoms with E-state index < -0.39 is 9.05 Å².